The molecular formula is C23H22BrF3N2O2. The van der Waals surface area contributed by atoms with E-state index in [4.69, 9.17) is 0 Å². The van der Waals surface area contributed by atoms with Crippen LogP contribution in [-0.4, -0.2) is 29.8 Å². The molecule has 0 aliphatic carbocycles. The van der Waals surface area contributed by atoms with E-state index in [0.717, 1.165) is 17.7 Å². The molecule has 4 rings (SSSR count). The Balaban J connectivity index is 1.55. The Morgan fingerprint density at radius 2 is 1.74 bits per heavy atom. The fourth-order valence-electron chi connectivity index (χ4n) is 4.88. The molecule has 2 heterocycles. The van der Waals surface area contributed by atoms with Gasteiger partial charge in [-0.25, -0.2) is 13.2 Å². The number of rotatable bonds is 4. The van der Waals surface area contributed by atoms with Crippen molar-refractivity contribution >= 4 is 27.7 Å². The number of nitrogens with zero attached hydrogens (tertiary/aromatic N) is 1. The van der Waals surface area contributed by atoms with Gasteiger partial charge >= 0.3 is 0 Å². The van der Waals surface area contributed by atoms with Crippen LogP contribution in [0.2, 0.25) is 0 Å². The molecule has 1 atom stereocenters. The summed E-state index contributed by atoms with van der Waals surface area (Å²) in [6, 6.07) is 8.61. The number of halogens is 4. The first kappa shape index (κ1) is 22.0. The van der Waals surface area contributed by atoms with Crippen molar-refractivity contribution in [2.24, 2.45) is 5.92 Å². The highest BCUT2D eigenvalue weighted by Crippen LogP contribution is 2.44. The minimum Gasteiger partial charge on any atom is -0.299 e. The van der Waals surface area contributed by atoms with Gasteiger partial charge in [0.05, 0.1) is 9.89 Å². The molecule has 0 unspecified atom stereocenters. The van der Waals surface area contributed by atoms with E-state index in [9.17, 15) is 22.8 Å². The standard InChI is InChI=1S/C23H22BrF3N2O2/c24-17-3-1-14(11-19(17)26)13-29-9-6-15(7-10-29)23(8-5-21(30)28-22(23)31)16-2-4-18(25)20(27)12-16/h1-4,11-12,15H,5-10,13H2,(H,28,30,31)/t23-/m0/s1. The number of amides is 2. The lowest BCUT2D eigenvalue weighted by atomic mass is 9.62. The predicted molar refractivity (Wildman–Crippen MR) is 113 cm³/mol. The maximum Gasteiger partial charge on any atom is 0.237 e. The Kier molecular flexibility index (Phi) is 6.21. The van der Waals surface area contributed by atoms with Gasteiger partial charge in [-0.2, -0.15) is 0 Å². The van der Waals surface area contributed by atoms with E-state index in [0.29, 0.717) is 42.5 Å². The van der Waals surface area contributed by atoms with Crippen molar-refractivity contribution < 1.29 is 22.8 Å². The normalized spacial score (nSPS) is 23.1. The Bertz CT molecular complexity index is 1020. The van der Waals surface area contributed by atoms with Gasteiger partial charge in [0.25, 0.3) is 0 Å². The summed E-state index contributed by atoms with van der Waals surface area (Å²) in [7, 11) is 0. The van der Waals surface area contributed by atoms with Crippen LogP contribution in [0.3, 0.4) is 0 Å². The minimum atomic E-state index is -1.07. The van der Waals surface area contributed by atoms with Gasteiger partial charge in [0.2, 0.25) is 11.8 Å². The molecule has 2 aliphatic rings. The molecule has 0 bridgehead atoms. The van der Waals surface area contributed by atoms with E-state index >= 15 is 0 Å². The lowest BCUT2D eigenvalue weighted by molar-refractivity contribution is -0.140. The molecule has 164 valence electrons. The summed E-state index contributed by atoms with van der Waals surface area (Å²) < 4.78 is 41.8. The molecule has 2 amide bonds. The number of hydrogen-bond donors (Lipinski definition) is 1. The van der Waals surface area contributed by atoms with E-state index in [-0.39, 0.29) is 30.5 Å². The number of benzene rings is 2. The summed E-state index contributed by atoms with van der Waals surface area (Å²) >= 11 is 3.15. The molecule has 0 spiro atoms. The molecule has 0 saturated carbocycles. The molecule has 2 aromatic rings. The van der Waals surface area contributed by atoms with Crippen molar-refractivity contribution in [3.8, 4) is 0 Å². The van der Waals surface area contributed by atoms with Crippen LogP contribution in [0.1, 0.15) is 36.8 Å². The van der Waals surface area contributed by atoms with Gasteiger partial charge in [0.1, 0.15) is 5.82 Å². The highest BCUT2D eigenvalue weighted by molar-refractivity contribution is 9.10. The van der Waals surface area contributed by atoms with Crippen LogP contribution in [0.15, 0.2) is 40.9 Å². The molecule has 2 saturated heterocycles. The Morgan fingerprint density at radius 1 is 1.00 bits per heavy atom. The summed E-state index contributed by atoms with van der Waals surface area (Å²) in [5.74, 6) is -3.20. The Morgan fingerprint density at radius 3 is 2.39 bits per heavy atom. The summed E-state index contributed by atoms with van der Waals surface area (Å²) in [4.78, 5) is 27.0. The number of piperidine rings is 2. The van der Waals surface area contributed by atoms with Crippen molar-refractivity contribution in [1.82, 2.24) is 10.2 Å². The first-order valence-electron chi connectivity index (χ1n) is 10.3. The third-order valence-electron chi connectivity index (χ3n) is 6.51. The van der Waals surface area contributed by atoms with Crippen LogP contribution >= 0.6 is 15.9 Å². The summed E-state index contributed by atoms with van der Waals surface area (Å²) in [6.07, 6.45) is 1.73. The van der Waals surface area contributed by atoms with E-state index < -0.39 is 23.0 Å². The number of likely N-dealkylation sites (tertiary alicyclic amines) is 1. The SMILES string of the molecule is O=C1CC[C@@](c2ccc(F)c(F)c2)(C2CCN(Cc3ccc(Br)c(F)c3)CC2)C(=O)N1. The predicted octanol–water partition coefficient (Wildman–Crippen LogP) is 4.45. The molecular weight excluding hydrogens is 473 g/mol. The molecule has 8 heteroatoms. The van der Waals surface area contributed by atoms with E-state index in [1.165, 1.54) is 12.1 Å². The van der Waals surface area contributed by atoms with Gasteiger partial charge in [0.15, 0.2) is 11.6 Å². The van der Waals surface area contributed by atoms with E-state index in [1.54, 1.807) is 6.07 Å². The molecule has 1 N–H and O–H groups in total. The lowest BCUT2D eigenvalue weighted by Crippen LogP contribution is -2.57. The largest absolute Gasteiger partial charge is 0.299 e. The fraction of sp³-hybridized carbons (Fsp3) is 0.391. The van der Waals surface area contributed by atoms with Crippen molar-refractivity contribution in [1.29, 1.82) is 0 Å². The number of nitrogens with one attached hydrogen (secondary N) is 1. The van der Waals surface area contributed by atoms with Gasteiger partial charge in [0, 0.05) is 13.0 Å². The smallest absolute Gasteiger partial charge is 0.237 e. The molecule has 2 fully saturated rings. The van der Waals surface area contributed by atoms with Gasteiger partial charge in [-0.15, -0.1) is 0 Å². The number of imide groups is 1. The molecule has 31 heavy (non-hydrogen) atoms. The summed E-state index contributed by atoms with van der Waals surface area (Å²) in [5, 5.41) is 2.41. The molecule has 2 aliphatic heterocycles. The summed E-state index contributed by atoms with van der Waals surface area (Å²) in [6.45, 7) is 1.93. The van der Waals surface area contributed by atoms with Gasteiger partial charge in [-0.05, 0) is 89.6 Å². The zero-order chi connectivity index (χ0) is 22.2. The van der Waals surface area contributed by atoms with Crippen LogP contribution in [0.5, 0.6) is 0 Å². The van der Waals surface area contributed by atoms with Crippen molar-refractivity contribution in [3.63, 3.8) is 0 Å². The zero-order valence-corrected chi connectivity index (χ0v) is 18.4. The topological polar surface area (TPSA) is 49.4 Å². The second kappa shape index (κ2) is 8.74. The third kappa shape index (κ3) is 4.28. The van der Waals surface area contributed by atoms with Gasteiger partial charge in [-0.1, -0.05) is 12.1 Å². The van der Waals surface area contributed by atoms with Gasteiger partial charge in [-0.3, -0.25) is 19.8 Å². The van der Waals surface area contributed by atoms with Crippen molar-refractivity contribution in [2.75, 3.05) is 13.1 Å². The van der Waals surface area contributed by atoms with Crippen molar-refractivity contribution in [3.05, 3.63) is 69.4 Å². The van der Waals surface area contributed by atoms with E-state index in [1.807, 2.05) is 6.07 Å². The average Bonchev–Trinajstić information content (AvgIpc) is 2.74. The molecule has 4 nitrogen and oxygen atoms in total. The number of carbonyl (C=O) groups excluding carboxylic acids is 2. The van der Waals surface area contributed by atoms with Crippen LogP contribution in [0.4, 0.5) is 13.2 Å². The number of hydrogen-bond acceptors (Lipinski definition) is 3. The first-order valence-corrected chi connectivity index (χ1v) is 11.0. The highest BCUT2D eigenvalue weighted by atomic mass is 79.9. The molecule has 2 aromatic carbocycles. The number of carbonyl (C=O) groups is 2. The van der Waals surface area contributed by atoms with Crippen LogP contribution in [0, 0.1) is 23.4 Å². The monoisotopic (exact) mass is 494 g/mol. The quantitative estimate of drug-likeness (QED) is 0.638. The second-order valence-corrected chi connectivity index (χ2v) is 9.13. The lowest BCUT2D eigenvalue weighted by Gasteiger charge is -2.45. The minimum absolute atomic E-state index is 0.122. The Hall–Kier alpha value is -2.19. The third-order valence-corrected chi connectivity index (χ3v) is 7.16. The highest BCUT2D eigenvalue weighted by Gasteiger charge is 2.50. The summed E-state index contributed by atoms with van der Waals surface area (Å²) in [5.41, 5.74) is 0.193. The van der Waals surface area contributed by atoms with Crippen LogP contribution in [0.25, 0.3) is 0 Å². The maximum absolute atomic E-state index is 14.0. The van der Waals surface area contributed by atoms with Crippen LogP contribution < -0.4 is 5.32 Å². The maximum atomic E-state index is 14.0. The second-order valence-electron chi connectivity index (χ2n) is 8.28. The molecule has 0 aromatic heterocycles. The van der Waals surface area contributed by atoms with Crippen molar-refractivity contribution in [2.45, 2.75) is 37.6 Å². The fourth-order valence-corrected chi connectivity index (χ4v) is 5.13. The van der Waals surface area contributed by atoms with Crippen LogP contribution in [-0.2, 0) is 21.5 Å². The average molecular weight is 495 g/mol. The first-order chi connectivity index (χ1) is 14.8. The zero-order valence-electron chi connectivity index (χ0n) is 16.8. The Labute approximate surface area is 186 Å². The van der Waals surface area contributed by atoms with E-state index in [2.05, 4.69) is 26.1 Å². The molecule has 0 radical (unpaired) electrons. The van der Waals surface area contributed by atoms with Gasteiger partial charge < -0.3 is 0 Å².